The van der Waals surface area contributed by atoms with Gasteiger partial charge in [0.05, 0.1) is 23.1 Å². The van der Waals surface area contributed by atoms with Gasteiger partial charge in [-0.3, -0.25) is 4.98 Å². The second kappa shape index (κ2) is 6.40. The van der Waals surface area contributed by atoms with Gasteiger partial charge in [0, 0.05) is 19.3 Å². The molecule has 0 aromatic carbocycles. The number of pyridine rings is 1. The highest BCUT2D eigenvalue weighted by Crippen LogP contribution is 2.30. The molecule has 1 aromatic heterocycles. The smallest absolute Gasteiger partial charge is 0.405 e. The number of piperidine rings is 1. The third kappa shape index (κ3) is 3.28. The van der Waals surface area contributed by atoms with Crippen LogP contribution < -0.4 is 10.2 Å². The molecule has 8 heteroatoms. The summed E-state index contributed by atoms with van der Waals surface area (Å²) in [7, 11) is 0. The summed E-state index contributed by atoms with van der Waals surface area (Å²) in [6.07, 6.45) is 0.955. The molecule has 1 aliphatic heterocycles. The van der Waals surface area contributed by atoms with Crippen LogP contribution in [0.15, 0.2) is 23.5 Å². The minimum Gasteiger partial charge on any atom is -0.465 e. The van der Waals surface area contributed by atoms with E-state index in [2.05, 4.69) is 32.7 Å². The quantitative estimate of drug-likeness (QED) is 0.659. The molecule has 6 nitrogen and oxygen atoms in total. The first-order valence-corrected chi connectivity index (χ1v) is 6.43. The normalized spacial score (nSPS) is 21.9. The van der Waals surface area contributed by atoms with E-state index in [1.54, 1.807) is 12.3 Å². The molecule has 0 bridgehead atoms. The first kappa shape index (κ1) is 14.4. The van der Waals surface area contributed by atoms with Crippen molar-refractivity contribution < 1.29 is 14.3 Å². The summed E-state index contributed by atoms with van der Waals surface area (Å²) in [4.78, 5) is 20.4. The fraction of sp³-hybridized carbons (Fsp3) is 0.417. The maximum atomic E-state index is 13.7. The number of nitrogens with zero attached hydrogens (tertiary/aromatic N) is 3. The molecular weight excluding hydrogens is 283 g/mol. The minimum absolute atomic E-state index is 0.234. The van der Waals surface area contributed by atoms with Crippen LogP contribution in [0.1, 0.15) is 6.42 Å². The zero-order valence-electron chi connectivity index (χ0n) is 10.5. The maximum absolute atomic E-state index is 13.7. The minimum atomic E-state index is -1.23. The van der Waals surface area contributed by atoms with Crippen molar-refractivity contribution in [3.05, 3.63) is 18.5 Å². The number of hydrogen-bond acceptors (Lipinski definition) is 5. The lowest BCUT2D eigenvalue weighted by Gasteiger charge is -2.36. The van der Waals surface area contributed by atoms with E-state index in [1.165, 1.54) is 6.20 Å². The molecule has 2 atom stereocenters. The largest absolute Gasteiger partial charge is 0.465 e. The van der Waals surface area contributed by atoms with Crippen molar-refractivity contribution in [3.8, 4) is 0 Å². The molecule has 0 unspecified atom stereocenters. The van der Waals surface area contributed by atoms with Gasteiger partial charge in [-0.2, -0.15) is 4.99 Å². The van der Waals surface area contributed by atoms with Crippen LogP contribution in [-0.4, -0.2) is 46.6 Å². The Morgan fingerprint density at radius 2 is 2.50 bits per heavy atom. The number of thiocarbonyl (C=S) groups is 1. The van der Waals surface area contributed by atoms with Crippen molar-refractivity contribution in [2.75, 3.05) is 18.0 Å². The molecule has 2 heterocycles. The Bertz CT molecular complexity index is 550. The summed E-state index contributed by atoms with van der Waals surface area (Å²) in [5.74, 6) is 0. The summed E-state index contributed by atoms with van der Waals surface area (Å²) in [5.41, 5.74) is 1.27. The highest BCUT2D eigenvalue weighted by atomic mass is 32.1. The van der Waals surface area contributed by atoms with E-state index in [1.807, 2.05) is 4.90 Å². The van der Waals surface area contributed by atoms with Crippen molar-refractivity contribution in [1.82, 2.24) is 10.3 Å². The van der Waals surface area contributed by atoms with E-state index < -0.39 is 18.3 Å². The number of halogens is 1. The van der Waals surface area contributed by atoms with Gasteiger partial charge in [0.1, 0.15) is 11.9 Å². The van der Waals surface area contributed by atoms with Gasteiger partial charge in [0.2, 0.25) is 0 Å². The van der Waals surface area contributed by atoms with Crippen LogP contribution in [0.4, 0.5) is 20.6 Å². The predicted octanol–water partition coefficient (Wildman–Crippen LogP) is 2.00. The molecular formula is C12H13FN4O2S. The molecule has 0 aliphatic carbocycles. The first-order valence-electron chi connectivity index (χ1n) is 6.02. The molecule has 1 aliphatic rings. The maximum Gasteiger partial charge on any atom is 0.405 e. The van der Waals surface area contributed by atoms with Gasteiger partial charge in [-0.1, -0.05) is 0 Å². The summed E-state index contributed by atoms with van der Waals surface area (Å²) < 4.78 is 13.7. The molecule has 0 spiro atoms. The number of nitrogens with one attached hydrogen (secondary N) is 1. The lowest BCUT2D eigenvalue weighted by Crippen LogP contribution is -2.53. The molecule has 1 fully saturated rings. The molecule has 1 amide bonds. The van der Waals surface area contributed by atoms with Crippen LogP contribution in [0.5, 0.6) is 0 Å². The number of aliphatic imine (C=N–C) groups is 1. The lowest BCUT2D eigenvalue weighted by atomic mass is 10.0. The molecule has 0 saturated carbocycles. The number of carboxylic acid groups (broad SMARTS) is 1. The molecule has 1 saturated heterocycles. The van der Waals surface area contributed by atoms with Crippen LogP contribution in [0.2, 0.25) is 0 Å². The predicted molar refractivity (Wildman–Crippen MR) is 75.6 cm³/mol. The van der Waals surface area contributed by atoms with E-state index in [-0.39, 0.29) is 13.0 Å². The lowest BCUT2D eigenvalue weighted by molar-refractivity contribution is 0.167. The van der Waals surface area contributed by atoms with Crippen molar-refractivity contribution in [1.29, 1.82) is 0 Å². The zero-order valence-corrected chi connectivity index (χ0v) is 11.3. The highest BCUT2D eigenvalue weighted by Gasteiger charge is 2.31. The van der Waals surface area contributed by atoms with Crippen LogP contribution >= 0.6 is 12.2 Å². The van der Waals surface area contributed by atoms with Crippen LogP contribution in [-0.2, 0) is 0 Å². The van der Waals surface area contributed by atoms with E-state index in [9.17, 15) is 9.18 Å². The van der Waals surface area contributed by atoms with Gasteiger partial charge in [-0.15, -0.1) is 0 Å². The van der Waals surface area contributed by atoms with Crippen molar-refractivity contribution in [2.24, 2.45) is 4.99 Å². The summed E-state index contributed by atoms with van der Waals surface area (Å²) >= 11 is 4.58. The highest BCUT2D eigenvalue weighted by molar-refractivity contribution is 7.78. The third-order valence-corrected chi connectivity index (χ3v) is 3.21. The number of anilines is 1. The van der Waals surface area contributed by atoms with Gasteiger partial charge in [-0.05, 0) is 24.7 Å². The average Bonchev–Trinajstić information content (AvgIpc) is 2.42. The number of alkyl halides is 1. The fourth-order valence-electron chi connectivity index (χ4n) is 2.22. The van der Waals surface area contributed by atoms with Crippen molar-refractivity contribution in [3.63, 3.8) is 0 Å². The van der Waals surface area contributed by atoms with E-state index in [0.29, 0.717) is 12.2 Å². The Morgan fingerprint density at radius 3 is 3.20 bits per heavy atom. The van der Waals surface area contributed by atoms with E-state index >= 15 is 0 Å². The summed E-state index contributed by atoms with van der Waals surface area (Å²) in [5, 5.41) is 13.2. The Labute approximate surface area is 120 Å². The Balaban J connectivity index is 2.21. The van der Waals surface area contributed by atoms with Crippen LogP contribution in [0.3, 0.4) is 0 Å². The molecule has 20 heavy (non-hydrogen) atoms. The first-order chi connectivity index (χ1) is 9.61. The SMILES string of the molecule is O=C(O)N[C@H]1CN(c2ccncc2N=C=S)CC[C@@H]1F. The fourth-order valence-corrected chi connectivity index (χ4v) is 2.32. The van der Waals surface area contributed by atoms with Crippen LogP contribution in [0.25, 0.3) is 0 Å². The van der Waals surface area contributed by atoms with Gasteiger partial charge < -0.3 is 15.3 Å². The number of hydrogen-bond donors (Lipinski definition) is 2. The molecule has 1 aromatic rings. The molecule has 2 N–H and O–H groups in total. The van der Waals surface area contributed by atoms with Gasteiger partial charge in [0.25, 0.3) is 0 Å². The average molecular weight is 296 g/mol. The van der Waals surface area contributed by atoms with E-state index in [0.717, 1.165) is 5.69 Å². The van der Waals surface area contributed by atoms with Crippen LogP contribution in [0, 0.1) is 0 Å². The number of rotatable bonds is 3. The Morgan fingerprint density at radius 1 is 1.70 bits per heavy atom. The molecule has 2 rings (SSSR count). The second-order valence-corrected chi connectivity index (χ2v) is 4.56. The third-order valence-electron chi connectivity index (χ3n) is 3.12. The number of isothiocyanates is 1. The van der Waals surface area contributed by atoms with Gasteiger partial charge in [-0.25, -0.2) is 9.18 Å². The summed E-state index contributed by atoms with van der Waals surface area (Å²) in [6.45, 7) is 0.709. The molecule has 0 radical (unpaired) electrons. The monoisotopic (exact) mass is 296 g/mol. The van der Waals surface area contributed by atoms with Crippen molar-refractivity contribution in [2.45, 2.75) is 18.6 Å². The Kier molecular flexibility index (Phi) is 4.60. The van der Waals surface area contributed by atoms with Gasteiger partial charge in [0.15, 0.2) is 0 Å². The molecule has 106 valence electrons. The van der Waals surface area contributed by atoms with Gasteiger partial charge >= 0.3 is 6.09 Å². The number of carbonyl (C=O) groups is 1. The van der Waals surface area contributed by atoms with E-state index in [4.69, 9.17) is 5.11 Å². The number of aromatic nitrogens is 1. The zero-order chi connectivity index (χ0) is 14.5. The number of amides is 1. The Hall–Kier alpha value is -2.05. The second-order valence-electron chi connectivity index (χ2n) is 4.37. The summed E-state index contributed by atoms with van der Waals surface area (Å²) in [6, 6.07) is 0.973. The topological polar surface area (TPSA) is 77.8 Å². The van der Waals surface area contributed by atoms with Crippen molar-refractivity contribution >= 4 is 34.8 Å². The standard InChI is InChI=1S/C12H13FN4O2S/c13-8-2-4-17(6-10(8)16-12(18)19)11-1-3-14-5-9(11)15-7-20/h1,3,5,8,10,16H,2,4,6H2,(H,18,19)/t8-,10-/m0/s1.